The summed E-state index contributed by atoms with van der Waals surface area (Å²) in [5.74, 6) is 1.44. The third-order valence-corrected chi connectivity index (χ3v) is 9.91. The van der Waals surface area contributed by atoms with Crippen molar-refractivity contribution in [3.05, 3.63) is 193 Å². The van der Waals surface area contributed by atoms with Gasteiger partial charge < -0.3 is 9.73 Å². The molecule has 10 rings (SSSR count). The maximum absolute atomic E-state index is 6.79. The van der Waals surface area contributed by atoms with Gasteiger partial charge in [0.05, 0.1) is 0 Å². The molecule has 1 aliphatic heterocycles. The van der Waals surface area contributed by atoms with Crippen molar-refractivity contribution in [2.75, 3.05) is 0 Å². The molecule has 0 amide bonds. The number of hydrogen-bond acceptors (Lipinski definition) is 4. The highest BCUT2D eigenvalue weighted by atomic mass is 16.3. The van der Waals surface area contributed by atoms with Gasteiger partial charge in [-0.25, -0.2) is 9.98 Å². The van der Waals surface area contributed by atoms with E-state index in [1.54, 1.807) is 0 Å². The molecule has 240 valence electrons. The molecular formula is C47H31N3O. The Morgan fingerprint density at radius 1 is 0.471 bits per heavy atom. The maximum Gasteiger partial charge on any atom is 0.159 e. The average Bonchev–Trinajstić information content (AvgIpc) is 3.58. The van der Waals surface area contributed by atoms with E-state index in [1.807, 2.05) is 12.1 Å². The number of rotatable bonds is 5. The summed E-state index contributed by atoms with van der Waals surface area (Å²) in [6.45, 7) is 0. The van der Waals surface area contributed by atoms with Crippen LogP contribution >= 0.6 is 0 Å². The minimum absolute atomic E-state index is 0.353. The van der Waals surface area contributed by atoms with Gasteiger partial charge in [0.25, 0.3) is 0 Å². The summed E-state index contributed by atoms with van der Waals surface area (Å²) in [6, 6.07) is 61.6. The lowest BCUT2D eigenvalue weighted by atomic mass is 9.96. The van der Waals surface area contributed by atoms with Gasteiger partial charge in [-0.05, 0) is 74.1 Å². The first-order valence-electron chi connectivity index (χ1n) is 17.3. The van der Waals surface area contributed by atoms with Crippen LogP contribution in [0, 0.1) is 0 Å². The smallest absolute Gasteiger partial charge is 0.159 e. The van der Waals surface area contributed by atoms with Gasteiger partial charge in [0.15, 0.2) is 5.84 Å². The van der Waals surface area contributed by atoms with Crippen LogP contribution in [0.15, 0.2) is 190 Å². The van der Waals surface area contributed by atoms with Crippen LogP contribution in [-0.4, -0.2) is 11.7 Å². The Hall–Kier alpha value is -6.78. The van der Waals surface area contributed by atoms with E-state index in [0.29, 0.717) is 5.84 Å². The SMILES string of the molecule is c1ccc(-c2ccc(C3=NC(c4ccc5ccccc5c4)NC(c4ccc(-c5ccccc5)c5oc6cc7ccccc7cc6c45)=N3)cc2)cc1. The van der Waals surface area contributed by atoms with Gasteiger partial charge in [0.2, 0.25) is 0 Å². The summed E-state index contributed by atoms with van der Waals surface area (Å²) in [5, 5.41) is 10.5. The molecule has 0 spiro atoms. The molecule has 51 heavy (non-hydrogen) atoms. The van der Waals surface area contributed by atoms with Crippen molar-refractivity contribution in [1.29, 1.82) is 0 Å². The van der Waals surface area contributed by atoms with Crippen LogP contribution in [0.25, 0.3) is 65.7 Å². The van der Waals surface area contributed by atoms with Crippen LogP contribution in [0.4, 0.5) is 0 Å². The number of benzene rings is 8. The highest BCUT2D eigenvalue weighted by molar-refractivity contribution is 6.24. The lowest BCUT2D eigenvalue weighted by Gasteiger charge is -2.24. The molecule has 0 bridgehead atoms. The van der Waals surface area contributed by atoms with E-state index >= 15 is 0 Å². The van der Waals surface area contributed by atoms with Crippen LogP contribution in [0.3, 0.4) is 0 Å². The lowest BCUT2D eigenvalue weighted by molar-refractivity contribution is 0.669. The predicted molar refractivity (Wildman–Crippen MR) is 211 cm³/mol. The fourth-order valence-electron chi connectivity index (χ4n) is 7.31. The first kappa shape index (κ1) is 29.2. The van der Waals surface area contributed by atoms with Crippen molar-refractivity contribution in [2.45, 2.75) is 6.17 Å². The lowest BCUT2D eigenvalue weighted by Crippen LogP contribution is -2.33. The van der Waals surface area contributed by atoms with Crippen LogP contribution in [0.2, 0.25) is 0 Å². The number of furan rings is 1. The van der Waals surface area contributed by atoms with Crippen LogP contribution in [0.5, 0.6) is 0 Å². The van der Waals surface area contributed by atoms with Gasteiger partial charge in [0, 0.05) is 27.5 Å². The molecule has 1 unspecified atom stereocenters. The van der Waals surface area contributed by atoms with E-state index in [1.165, 1.54) is 16.3 Å². The second-order valence-corrected chi connectivity index (χ2v) is 13.0. The predicted octanol–water partition coefficient (Wildman–Crippen LogP) is 11.7. The van der Waals surface area contributed by atoms with Gasteiger partial charge >= 0.3 is 0 Å². The standard InChI is InChI=1S/C47H31N3O/c1-3-11-30(12-4-1)32-19-22-34(23-20-32)45-48-46(38-24-21-31-13-7-8-16-35(31)27-38)50-47(49-45)40-26-25-39(33-14-5-2-6-15-33)44-43(40)41-28-36-17-9-10-18-37(36)29-42(41)51-44/h1-29,46H,(H,48,49,50). The van der Waals surface area contributed by atoms with Crippen molar-refractivity contribution in [1.82, 2.24) is 5.32 Å². The zero-order valence-corrected chi connectivity index (χ0v) is 27.6. The average molecular weight is 654 g/mol. The third kappa shape index (κ3) is 5.17. The fourth-order valence-corrected chi connectivity index (χ4v) is 7.31. The van der Waals surface area contributed by atoms with Crippen molar-refractivity contribution in [3.63, 3.8) is 0 Å². The Morgan fingerprint density at radius 3 is 1.80 bits per heavy atom. The van der Waals surface area contributed by atoms with Gasteiger partial charge in [-0.15, -0.1) is 0 Å². The van der Waals surface area contributed by atoms with E-state index < -0.39 is 0 Å². The first-order valence-corrected chi connectivity index (χ1v) is 17.3. The number of nitrogens with zero attached hydrogens (tertiary/aromatic N) is 2. The quantitative estimate of drug-likeness (QED) is 0.201. The van der Waals surface area contributed by atoms with Crippen LogP contribution in [0.1, 0.15) is 22.9 Å². The Balaban J connectivity index is 1.18. The second-order valence-electron chi connectivity index (χ2n) is 13.0. The fraction of sp³-hybridized carbons (Fsp3) is 0.0213. The molecule has 9 aromatic rings. The zero-order chi connectivity index (χ0) is 33.7. The molecule has 2 heterocycles. The second kappa shape index (κ2) is 12.0. The molecule has 0 fully saturated rings. The molecule has 0 saturated carbocycles. The molecule has 0 aliphatic carbocycles. The van der Waals surface area contributed by atoms with Gasteiger partial charge in [-0.3, -0.25) is 0 Å². The molecule has 0 saturated heterocycles. The molecule has 1 N–H and O–H groups in total. The number of amidine groups is 2. The van der Waals surface area contributed by atoms with E-state index in [2.05, 4.69) is 169 Å². The van der Waals surface area contributed by atoms with E-state index in [4.69, 9.17) is 14.4 Å². The highest BCUT2D eigenvalue weighted by Gasteiger charge is 2.25. The summed E-state index contributed by atoms with van der Waals surface area (Å²) in [4.78, 5) is 10.5. The molecule has 0 radical (unpaired) electrons. The summed E-state index contributed by atoms with van der Waals surface area (Å²) in [6.07, 6.45) is -0.353. The minimum atomic E-state index is -0.353. The van der Waals surface area contributed by atoms with E-state index in [0.717, 1.165) is 71.9 Å². The minimum Gasteiger partial charge on any atom is -0.455 e. The summed E-state index contributed by atoms with van der Waals surface area (Å²) >= 11 is 0. The maximum atomic E-state index is 6.79. The topological polar surface area (TPSA) is 49.9 Å². The van der Waals surface area contributed by atoms with Crippen molar-refractivity contribution in [3.8, 4) is 22.3 Å². The number of hydrogen-bond donors (Lipinski definition) is 1. The molecule has 4 heteroatoms. The molecular weight excluding hydrogens is 623 g/mol. The van der Waals surface area contributed by atoms with Crippen molar-refractivity contribution in [2.24, 2.45) is 9.98 Å². The number of nitrogens with one attached hydrogen (secondary N) is 1. The molecule has 1 aromatic heterocycles. The monoisotopic (exact) mass is 653 g/mol. The van der Waals surface area contributed by atoms with Crippen molar-refractivity contribution < 1.29 is 4.42 Å². The van der Waals surface area contributed by atoms with Crippen molar-refractivity contribution >= 4 is 55.2 Å². The van der Waals surface area contributed by atoms with Crippen LogP contribution < -0.4 is 5.32 Å². The van der Waals surface area contributed by atoms with Gasteiger partial charge in [-0.1, -0.05) is 146 Å². The van der Waals surface area contributed by atoms with Gasteiger partial charge in [0.1, 0.15) is 23.2 Å². The Kier molecular flexibility index (Phi) is 6.85. The highest BCUT2D eigenvalue weighted by Crippen LogP contribution is 2.40. The number of fused-ring (bicyclic) bond motifs is 5. The molecule has 1 atom stereocenters. The summed E-state index contributed by atoms with van der Waals surface area (Å²) < 4.78 is 6.79. The normalized spacial score (nSPS) is 14.5. The largest absolute Gasteiger partial charge is 0.455 e. The summed E-state index contributed by atoms with van der Waals surface area (Å²) in [5.41, 5.74) is 9.16. The first-order chi connectivity index (χ1) is 25.2. The molecule has 4 nitrogen and oxygen atoms in total. The van der Waals surface area contributed by atoms with E-state index in [9.17, 15) is 0 Å². The van der Waals surface area contributed by atoms with Gasteiger partial charge in [-0.2, -0.15) is 0 Å². The zero-order valence-electron chi connectivity index (χ0n) is 27.6. The Bertz CT molecular complexity index is 2820. The number of aliphatic imine (C=N–C) groups is 2. The van der Waals surface area contributed by atoms with E-state index in [-0.39, 0.29) is 6.17 Å². The summed E-state index contributed by atoms with van der Waals surface area (Å²) in [7, 11) is 0. The Morgan fingerprint density at radius 2 is 1.06 bits per heavy atom. The Labute approximate surface area is 295 Å². The third-order valence-electron chi connectivity index (χ3n) is 9.91. The molecule has 8 aromatic carbocycles. The van der Waals surface area contributed by atoms with Crippen LogP contribution in [-0.2, 0) is 0 Å². The molecule has 1 aliphatic rings.